The first-order valence-electron chi connectivity index (χ1n) is 9.16. The first kappa shape index (κ1) is 19.4. The fourth-order valence-corrected chi connectivity index (χ4v) is 3.52. The average molecular weight is 385 g/mol. The Labute approximate surface area is 165 Å². The first-order chi connectivity index (χ1) is 12.7. The van der Waals surface area contributed by atoms with E-state index in [9.17, 15) is 9.59 Å². The van der Waals surface area contributed by atoms with Gasteiger partial charge in [0.15, 0.2) is 0 Å². The molecule has 3 rings (SSSR count). The number of nitrogens with zero attached hydrogens (tertiary/aromatic N) is 1. The number of carbonyl (C=O) groups excluding carboxylic acids is 2. The third kappa shape index (κ3) is 4.69. The molecule has 1 N–H and O–H groups in total. The molecule has 0 aliphatic carbocycles. The number of hydrogen-bond acceptors (Lipinski definition) is 2. The Kier molecular flexibility index (Phi) is 5.56. The van der Waals surface area contributed by atoms with Crippen molar-refractivity contribution in [3.8, 4) is 0 Å². The number of rotatable bonds is 4. The van der Waals surface area contributed by atoms with E-state index in [1.165, 1.54) is 0 Å². The van der Waals surface area contributed by atoms with E-state index in [2.05, 4.69) is 26.1 Å². The number of carbonyl (C=O) groups is 2. The summed E-state index contributed by atoms with van der Waals surface area (Å²) in [4.78, 5) is 26.9. The summed E-state index contributed by atoms with van der Waals surface area (Å²) in [6.07, 6.45) is 0.247. The topological polar surface area (TPSA) is 49.4 Å². The summed E-state index contributed by atoms with van der Waals surface area (Å²) in [7, 11) is 0. The summed E-state index contributed by atoms with van der Waals surface area (Å²) in [5, 5.41) is 3.70. The van der Waals surface area contributed by atoms with E-state index in [4.69, 9.17) is 11.6 Å². The Morgan fingerprint density at radius 2 is 1.81 bits per heavy atom. The molecule has 0 spiro atoms. The van der Waals surface area contributed by atoms with Gasteiger partial charge in [0.1, 0.15) is 0 Å². The van der Waals surface area contributed by atoms with E-state index in [1.54, 1.807) is 4.90 Å². The number of anilines is 1. The van der Waals surface area contributed by atoms with Crippen molar-refractivity contribution < 1.29 is 9.59 Å². The van der Waals surface area contributed by atoms with Gasteiger partial charge in [-0.2, -0.15) is 0 Å². The van der Waals surface area contributed by atoms with E-state index >= 15 is 0 Å². The summed E-state index contributed by atoms with van der Waals surface area (Å²) in [6.45, 7) is 7.28. The molecule has 1 heterocycles. The van der Waals surface area contributed by atoms with Crippen LogP contribution in [0.2, 0.25) is 5.02 Å². The summed E-state index contributed by atoms with van der Waals surface area (Å²) < 4.78 is 0. The van der Waals surface area contributed by atoms with Crippen LogP contribution in [0.4, 0.5) is 5.69 Å². The van der Waals surface area contributed by atoms with Crippen molar-refractivity contribution in [1.29, 1.82) is 0 Å². The van der Waals surface area contributed by atoms with Crippen LogP contribution < -0.4 is 5.32 Å². The minimum Gasteiger partial charge on any atom is -0.338 e. The van der Waals surface area contributed by atoms with E-state index in [0.717, 1.165) is 16.8 Å². The van der Waals surface area contributed by atoms with Gasteiger partial charge in [0, 0.05) is 30.2 Å². The summed E-state index contributed by atoms with van der Waals surface area (Å²) in [5.41, 5.74) is 2.84. The Hall–Kier alpha value is -2.33. The van der Waals surface area contributed by atoms with Crippen LogP contribution in [0.25, 0.3) is 0 Å². The fourth-order valence-electron chi connectivity index (χ4n) is 3.39. The van der Waals surface area contributed by atoms with Gasteiger partial charge in [-0.05, 0) is 34.7 Å². The van der Waals surface area contributed by atoms with Gasteiger partial charge < -0.3 is 10.2 Å². The lowest BCUT2D eigenvalue weighted by molar-refractivity contribution is -0.128. The van der Waals surface area contributed by atoms with Gasteiger partial charge in [0.05, 0.1) is 5.92 Å². The molecule has 1 aliphatic heterocycles. The van der Waals surface area contributed by atoms with Gasteiger partial charge in [-0.25, -0.2) is 0 Å². The highest BCUT2D eigenvalue weighted by Gasteiger charge is 2.34. The van der Waals surface area contributed by atoms with Crippen LogP contribution in [-0.2, 0) is 21.5 Å². The number of nitrogens with one attached hydrogen (secondary N) is 1. The molecule has 4 nitrogen and oxygen atoms in total. The molecule has 0 saturated carbocycles. The van der Waals surface area contributed by atoms with E-state index in [-0.39, 0.29) is 29.6 Å². The Morgan fingerprint density at radius 3 is 2.48 bits per heavy atom. The van der Waals surface area contributed by atoms with Crippen LogP contribution in [0.3, 0.4) is 0 Å². The van der Waals surface area contributed by atoms with E-state index < -0.39 is 0 Å². The maximum Gasteiger partial charge on any atom is 0.229 e. The van der Waals surface area contributed by atoms with Crippen molar-refractivity contribution in [2.75, 3.05) is 11.9 Å². The minimum atomic E-state index is -0.335. The first-order valence-corrected chi connectivity index (χ1v) is 9.54. The molecule has 2 aromatic rings. The predicted molar refractivity (Wildman–Crippen MR) is 109 cm³/mol. The Morgan fingerprint density at radius 1 is 1.15 bits per heavy atom. The molecule has 1 aliphatic rings. The second kappa shape index (κ2) is 7.73. The van der Waals surface area contributed by atoms with E-state index in [1.807, 2.05) is 48.5 Å². The largest absolute Gasteiger partial charge is 0.338 e. The number of amides is 2. The zero-order valence-corrected chi connectivity index (χ0v) is 16.7. The molecular weight excluding hydrogens is 360 g/mol. The molecule has 1 atom stereocenters. The van der Waals surface area contributed by atoms with Gasteiger partial charge in [-0.1, -0.05) is 62.7 Å². The molecule has 2 amide bonds. The number of hydrogen-bond donors (Lipinski definition) is 1. The normalized spacial score (nSPS) is 17.3. The van der Waals surface area contributed by atoms with Crippen LogP contribution in [0.5, 0.6) is 0 Å². The van der Waals surface area contributed by atoms with Gasteiger partial charge in [-0.3, -0.25) is 9.59 Å². The smallest absolute Gasteiger partial charge is 0.229 e. The molecule has 1 saturated heterocycles. The molecule has 0 aromatic heterocycles. The molecular formula is C22H25ClN2O2. The lowest BCUT2D eigenvalue weighted by atomic mass is 9.85. The second-order valence-electron chi connectivity index (χ2n) is 8.09. The summed E-state index contributed by atoms with van der Waals surface area (Å²) in [5.74, 6) is -0.425. The fraction of sp³-hybridized carbons (Fsp3) is 0.364. The molecule has 0 bridgehead atoms. The van der Waals surface area contributed by atoms with Gasteiger partial charge in [0.25, 0.3) is 0 Å². The number of likely N-dealkylation sites (tertiary alicyclic amines) is 1. The predicted octanol–water partition coefficient (Wildman–Crippen LogP) is 4.62. The highest BCUT2D eigenvalue weighted by atomic mass is 35.5. The highest BCUT2D eigenvalue weighted by molar-refractivity contribution is 6.30. The Bertz CT molecular complexity index is 840. The maximum atomic E-state index is 12.8. The highest BCUT2D eigenvalue weighted by Crippen LogP contribution is 2.30. The lowest BCUT2D eigenvalue weighted by Gasteiger charge is -2.23. The van der Waals surface area contributed by atoms with Crippen LogP contribution in [0, 0.1) is 5.92 Å². The lowest BCUT2D eigenvalue weighted by Crippen LogP contribution is -2.28. The number of benzene rings is 2. The van der Waals surface area contributed by atoms with Gasteiger partial charge in [-0.15, -0.1) is 0 Å². The average Bonchev–Trinajstić information content (AvgIpc) is 2.97. The number of para-hydroxylation sites is 1. The third-order valence-electron chi connectivity index (χ3n) is 4.86. The molecule has 1 unspecified atom stereocenters. The minimum absolute atomic E-state index is 0.00852. The van der Waals surface area contributed by atoms with Crippen molar-refractivity contribution >= 4 is 29.1 Å². The molecule has 0 radical (unpaired) electrons. The third-order valence-corrected chi connectivity index (χ3v) is 5.12. The monoisotopic (exact) mass is 384 g/mol. The van der Waals surface area contributed by atoms with Gasteiger partial charge >= 0.3 is 0 Å². The van der Waals surface area contributed by atoms with E-state index in [0.29, 0.717) is 18.1 Å². The van der Waals surface area contributed by atoms with Crippen molar-refractivity contribution in [1.82, 2.24) is 4.90 Å². The SMILES string of the molecule is CC(C)(C)c1ccccc1NC(=O)C1CC(=O)N(Cc2ccc(Cl)cc2)C1. The van der Waals surface area contributed by atoms with Crippen molar-refractivity contribution in [2.45, 2.75) is 39.2 Å². The Balaban J connectivity index is 1.67. The molecule has 1 fully saturated rings. The van der Waals surface area contributed by atoms with Crippen molar-refractivity contribution in [3.05, 3.63) is 64.7 Å². The molecule has 142 valence electrons. The van der Waals surface area contributed by atoms with Crippen LogP contribution in [0.1, 0.15) is 38.3 Å². The molecule has 5 heteroatoms. The van der Waals surface area contributed by atoms with Crippen LogP contribution in [0.15, 0.2) is 48.5 Å². The zero-order chi connectivity index (χ0) is 19.6. The van der Waals surface area contributed by atoms with Crippen LogP contribution in [-0.4, -0.2) is 23.3 Å². The zero-order valence-electron chi connectivity index (χ0n) is 16.0. The van der Waals surface area contributed by atoms with Gasteiger partial charge in [0.2, 0.25) is 11.8 Å². The quantitative estimate of drug-likeness (QED) is 0.835. The van der Waals surface area contributed by atoms with Crippen molar-refractivity contribution in [2.24, 2.45) is 5.92 Å². The standard InChI is InChI=1S/C22H25ClN2O2/c1-22(2,3)18-6-4-5-7-19(18)24-21(27)16-12-20(26)25(14-16)13-15-8-10-17(23)11-9-15/h4-11,16H,12-14H2,1-3H3,(H,24,27). The number of halogens is 1. The second-order valence-corrected chi connectivity index (χ2v) is 8.52. The maximum absolute atomic E-state index is 12.8. The molecule has 2 aromatic carbocycles. The molecule has 27 heavy (non-hydrogen) atoms. The van der Waals surface area contributed by atoms with Crippen LogP contribution >= 0.6 is 11.6 Å². The summed E-state index contributed by atoms with van der Waals surface area (Å²) in [6, 6.07) is 15.3. The van der Waals surface area contributed by atoms with Crippen molar-refractivity contribution in [3.63, 3.8) is 0 Å². The summed E-state index contributed by atoms with van der Waals surface area (Å²) >= 11 is 5.91.